The first-order chi connectivity index (χ1) is 12.0. The lowest BCUT2D eigenvalue weighted by atomic mass is 10.1. The van der Waals surface area contributed by atoms with Gasteiger partial charge in [0, 0.05) is 18.8 Å². The van der Waals surface area contributed by atoms with Crippen LogP contribution >= 0.6 is 0 Å². The van der Waals surface area contributed by atoms with Gasteiger partial charge in [0.2, 0.25) is 5.88 Å². The average molecular weight is 351 g/mol. The molecule has 1 amide bonds. The highest BCUT2D eigenvalue weighted by molar-refractivity contribution is 5.94. The van der Waals surface area contributed by atoms with Gasteiger partial charge in [0.25, 0.3) is 5.91 Å². The summed E-state index contributed by atoms with van der Waals surface area (Å²) < 4.78 is 46.0. The van der Waals surface area contributed by atoms with Gasteiger partial charge >= 0.3 is 0 Å². The molecule has 0 bridgehead atoms. The fraction of sp³-hybridized carbons (Fsp3) is 0.353. The summed E-state index contributed by atoms with van der Waals surface area (Å²) in [5.41, 5.74) is -0.488. The number of carbonyl (C=O) groups excluding carboxylic acids is 1. The molecule has 1 atom stereocenters. The molecule has 1 aliphatic rings. The maximum atomic E-state index is 13.8. The first kappa shape index (κ1) is 17.2. The average Bonchev–Trinajstić information content (AvgIpc) is 2.60. The molecule has 1 aromatic heterocycles. The van der Waals surface area contributed by atoms with Crippen LogP contribution in [0, 0.1) is 24.4 Å². The number of hydrogen-bond acceptors (Lipinski definition) is 4. The molecule has 1 unspecified atom stereocenters. The van der Waals surface area contributed by atoms with E-state index in [0.29, 0.717) is 31.1 Å². The largest absolute Gasteiger partial charge is 0.472 e. The molecule has 2 heterocycles. The molecular formula is C17H16F3N3O2. The van der Waals surface area contributed by atoms with Crippen molar-refractivity contribution in [3.8, 4) is 5.88 Å². The van der Waals surface area contributed by atoms with Gasteiger partial charge in [-0.05, 0) is 31.9 Å². The first-order valence-electron chi connectivity index (χ1n) is 7.85. The van der Waals surface area contributed by atoms with Crippen LogP contribution in [0.3, 0.4) is 0 Å². The Kier molecular flexibility index (Phi) is 4.87. The predicted octanol–water partition coefficient (Wildman–Crippen LogP) is 2.89. The number of amides is 1. The Morgan fingerprint density at radius 1 is 1.24 bits per heavy atom. The maximum absolute atomic E-state index is 13.8. The summed E-state index contributed by atoms with van der Waals surface area (Å²) in [6.07, 6.45) is 2.60. The zero-order valence-corrected chi connectivity index (χ0v) is 13.5. The molecule has 0 aliphatic carbocycles. The molecular weight excluding hydrogens is 335 g/mol. The monoisotopic (exact) mass is 351 g/mol. The van der Waals surface area contributed by atoms with Crippen LogP contribution in [0.1, 0.15) is 29.0 Å². The Morgan fingerprint density at radius 3 is 2.80 bits per heavy atom. The molecule has 0 radical (unpaired) electrons. The van der Waals surface area contributed by atoms with E-state index >= 15 is 0 Å². The second-order valence-electron chi connectivity index (χ2n) is 5.80. The molecule has 132 valence electrons. The number of aromatic nitrogens is 2. The number of piperidine rings is 1. The Morgan fingerprint density at radius 2 is 2.04 bits per heavy atom. The third-order valence-corrected chi connectivity index (χ3v) is 3.97. The van der Waals surface area contributed by atoms with Crippen molar-refractivity contribution in [3.63, 3.8) is 0 Å². The van der Waals surface area contributed by atoms with Crippen molar-refractivity contribution in [3.05, 3.63) is 53.2 Å². The van der Waals surface area contributed by atoms with Crippen LogP contribution in [0.15, 0.2) is 24.4 Å². The number of carbonyl (C=O) groups is 1. The van der Waals surface area contributed by atoms with Crippen LogP contribution in [-0.4, -0.2) is 40.0 Å². The number of benzene rings is 1. The van der Waals surface area contributed by atoms with E-state index in [1.54, 1.807) is 19.2 Å². The summed E-state index contributed by atoms with van der Waals surface area (Å²) in [6.45, 7) is 2.33. The molecule has 8 heteroatoms. The van der Waals surface area contributed by atoms with Crippen LogP contribution in [0.2, 0.25) is 0 Å². The van der Waals surface area contributed by atoms with Gasteiger partial charge in [-0.15, -0.1) is 0 Å². The minimum absolute atomic E-state index is 0.209. The summed E-state index contributed by atoms with van der Waals surface area (Å²) in [6, 6.07) is 3.31. The molecule has 1 aliphatic heterocycles. The van der Waals surface area contributed by atoms with E-state index in [1.807, 2.05) is 0 Å². The molecule has 1 aromatic carbocycles. The summed E-state index contributed by atoms with van der Waals surface area (Å²) in [7, 11) is 0. The van der Waals surface area contributed by atoms with Gasteiger partial charge < -0.3 is 9.64 Å². The summed E-state index contributed by atoms with van der Waals surface area (Å²) in [5, 5.41) is 0. The van der Waals surface area contributed by atoms with Crippen LogP contribution in [0.5, 0.6) is 5.88 Å². The summed E-state index contributed by atoms with van der Waals surface area (Å²) >= 11 is 0. The number of hydrogen-bond donors (Lipinski definition) is 0. The molecule has 3 rings (SSSR count). The molecule has 25 heavy (non-hydrogen) atoms. The van der Waals surface area contributed by atoms with Crippen LogP contribution in [0.25, 0.3) is 0 Å². The maximum Gasteiger partial charge on any atom is 0.257 e. The van der Waals surface area contributed by atoms with Gasteiger partial charge in [-0.25, -0.2) is 18.2 Å². The lowest BCUT2D eigenvalue weighted by Crippen LogP contribution is -2.44. The van der Waals surface area contributed by atoms with E-state index in [4.69, 9.17) is 4.74 Å². The van der Waals surface area contributed by atoms with Crippen molar-refractivity contribution in [2.45, 2.75) is 25.9 Å². The Hall–Kier alpha value is -2.64. The van der Waals surface area contributed by atoms with E-state index < -0.39 is 28.9 Å². The number of ether oxygens (including phenoxy) is 1. The van der Waals surface area contributed by atoms with Gasteiger partial charge in [0.05, 0.1) is 12.1 Å². The highest BCUT2D eigenvalue weighted by Crippen LogP contribution is 2.21. The summed E-state index contributed by atoms with van der Waals surface area (Å²) in [5.74, 6) is -4.18. The molecule has 2 aromatic rings. The van der Waals surface area contributed by atoms with Crippen molar-refractivity contribution in [1.82, 2.24) is 14.9 Å². The fourth-order valence-corrected chi connectivity index (χ4v) is 2.75. The van der Waals surface area contributed by atoms with Crippen molar-refractivity contribution >= 4 is 5.91 Å². The van der Waals surface area contributed by atoms with Gasteiger partial charge in [0.1, 0.15) is 11.9 Å². The molecule has 0 spiro atoms. The van der Waals surface area contributed by atoms with E-state index in [2.05, 4.69) is 9.97 Å². The molecule has 0 N–H and O–H groups in total. The Labute approximate surface area is 142 Å². The smallest absolute Gasteiger partial charge is 0.257 e. The van der Waals surface area contributed by atoms with Crippen molar-refractivity contribution in [2.24, 2.45) is 0 Å². The van der Waals surface area contributed by atoms with Gasteiger partial charge in [0.15, 0.2) is 17.5 Å². The number of halogens is 3. The zero-order chi connectivity index (χ0) is 18.0. The van der Waals surface area contributed by atoms with Gasteiger partial charge in [-0.3, -0.25) is 4.79 Å². The normalized spacial score (nSPS) is 17.4. The van der Waals surface area contributed by atoms with Crippen LogP contribution in [0.4, 0.5) is 13.2 Å². The highest BCUT2D eigenvalue weighted by atomic mass is 19.2. The quantitative estimate of drug-likeness (QED) is 0.798. The third kappa shape index (κ3) is 3.72. The predicted molar refractivity (Wildman–Crippen MR) is 82.6 cm³/mol. The minimum Gasteiger partial charge on any atom is -0.472 e. The third-order valence-electron chi connectivity index (χ3n) is 3.97. The molecule has 0 saturated carbocycles. The molecule has 5 nitrogen and oxygen atoms in total. The van der Waals surface area contributed by atoms with E-state index in [1.165, 1.54) is 4.90 Å². The van der Waals surface area contributed by atoms with Gasteiger partial charge in [-0.2, -0.15) is 4.98 Å². The number of rotatable bonds is 3. The number of likely N-dealkylation sites (tertiary alicyclic amines) is 1. The van der Waals surface area contributed by atoms with Crippen molar-refractivity contribution in [1.29, 1.82) is 0 Å². The lowest BCUT2D eigenvalue weighted by Gasteiger charge is -2.32. The Bertz CT molecular complexity index is 801. The summed E-state index contributed by atoms with van der Waals surface area (Å²) in [4.78, 5) is 21.9. The lowest BCUT2D eigenvalue weighted by molar-refractivity contribution is 0.0521. The number of nitrogens with zero attached hydrogens (tertiary/aromatic N) is 3. The fourth-order valence-electron chi connectivity index (χ4n) is 2.75. The highest BCUT2D eigenvalue weighted by Gasteiger charge is 2.29. The Balaban J connectivity index is 1.73. The standard InChI is InChI=1S/C17H16F3N3O2/c1-10-21-7-6-14(22-10)25-11-3-2-8-23(9-11)17(24)12-4-5-13(18)16(20)15(12)19/h4-7,11H,2-3,8-9H2,1H3. The number of aryl methyl sites for hydroxylation is 1. The van der Waals surface area contributed by atoms with Crippen molar-refractivity contribution in [2.75, 3.05) is 13.1 Å². The van der Waals surface area contributed by atoms with Crippen molar-refractivity contribution < 1.29 is 22.7 Å². The van der Waals surface area contributed by atoms with E-state index in [-0.39, 0.29) is 12.6 Å². The molecule has 1 fully saturated rings. The van der Waals surface area contributed by atoms with Gasteiger partial charge in [-0.1, -0.05) is 0 Å². The second-order valence-corrected chi connectivity index (χ2v) is 5.80. The zero-order valence-electron chi connectivity index (χ0n) is 13.5. The second kappa shape index (κ2) is 7.08. The SMILES string of the molecule is Cc1nccc(OC2CCCN(C(=O)c3ccc(F)c(F)c3F)C2)n1. The topological polar surface area (TPSA) is 55.3 Å². The van der Waals surface area contributed by atoms with E-state index in [9.17, 15) is 18.0 Å². The first-order valence-corrected chi connectivity index (χ1v) is 7.85. The van der Waals surface area contributed by atoms with Crippen LogP contribution in [-0.2, 0) is 0 Å². The minimum atomic E-state index is -1.65. The van der Waals surface area contributed by atoms with E-state index in [0.717, 1.165) is 12.1 Å². The molecule has 1 saturated heterocycles. The van der Waals surface area contributed by atoms with Crippen LogP contribution < -0.4 is 4.74 Å².